The molecule has 7 heteroatoms. The van der Waals surface area contributed by atoms with E-state index >= 15 is 0 Å². The zero-order valence-corrected chi connectivity index (χ0v) is 9.49. The van der Waals surface area contributed by atoms with Crippen molar-refractivity contribution in [2.45, 2.75) is 0 Å². The first-order valence-electron chi connectivity index (χ1n) is 5.26. The zero-order valence-electron chi connectivity index (χ0n) is 9.49. The predicted molar refractivity (Wildman–Crippen MR) is 67.5 cm³/mol. The van der Waals surface area contributed by atoms with Gasteiger partial charge in [-0.25, -0.2) is 19.9 Å². The van der Waals surface area contributed by atoms with Crippen LogP contribution in [0.4, 0.5) is 0 Å². The van der Waals surface area contributed by atoms with Gasteiger partial charge in [-0.15, -0.1) is 0 Å². The summed E-state index contributed by atoms with van der Waals surface area (Å²) in [7, 11) is 5.67. The van der Waals surface area contributed by atoms with Gasteiger partial charge in [0.15, 0.2) is 22.7 Å². The molecule has 3 aromatic rings. The number of fused-ring (bicyclic) bond motifs is 2. The Labute approximate surface area is 108 Å². The Morgan fingerprint density at radius 3 is 2.00 bits per heavy atom. The molecule has 2 aromatic heterocycles. The fraction of sp³-hybridized carbons (Fsp3) is 0. The van der Waals surface area contributed by atoms with Crippen LogP contribution in [0.5, 0.6) is 0 Å². The van der Waals surface area contributed by atoms with Gasteiger partial charge in [0.25, 0.3) is 0 Å². The third-order valence-corrected chi connectivity index (χ3v) is 2.52. The number of nitrogens with zero attached hydrogens (tertiary/aromatic N) is 6. The number of hydrogen-bond acceptors (Lipinski definition) is 6. The van der Waals surface area contributed by atoms with Gasteiger partial charge in [-0.3, -0.25) is 0 Å². The smallest absolute Gasteiger partial charge is 0.199 e. The number of hydrogen-bond donors (Lipinski definition) is 0. The van der Waals surface area contributed by atoms with Gasteiger partial charge in [-0.05, 0) is 12.1 Å². The van der Waals surface area contributed by atoms with Crippen LogP contribution in [0.25, 0.3) is 22.3 Å². The minimum absolute atomic E-state index is 0.0564. The highest BCUT2D eigenvalue weighted by Gasteiger charge is 2.11. The first-order chi connectivity index (χ1) is 9.21. The van der Waals surface area contributed by atoms with Crippen LogP contribution in [0.3, 0.4) is 0 Å². The summed E-state index contributed by atoms with van der Waals surface area (Å²) in [5, 5.41) is 17.8. The second kappa shape index (κ2) is 4.00. The van der Waals surface area contributed by atoms with Crippen molar-refractivity contribution in [3.8, 4) is 12.1 Å². The number of rotatable bonds is 0. The van der Waals surface area contributed by atoms with E-state index in [2.05, 4.69) is 19.9 Å². The van der Waals surface area contributed by atoms with Crippen molar-refractivity contribution in [3.63, 3.8) is 0 Å². The molecule has 0 N–H and O–H groups in total. The Balaban J connectivity index is 2.43. The van der Waals surface area contributed by atoms with Crippen molar-refractivity contribution in [1.29, 1.82) is 10.5 Å². The lowest BCUT2D eigenvalue weighted by molar-refractivity contribution is 1.14. The van der Waals surface area contributed by atoms with E-state index < -0.39 is 0 Å². The molecule has 6 nitrogen and oxygen atoms in total. The molecule has 0 aliphatic rings. The van der Waals surface area contributed by atoms with Gasteiger partial charge < -0.3 is 0 Å². The molecule has 84 valence electrons. The van der Waals surface area contributed by atoms with Gasteiger partial charge in [-0.1, -0.05) is 11.5 Å². The van der Waals surface area contributed by atoms with Gasteiger partial charge in [0.2, 0.25) is 0 Å². The van der Waals surface area contributed by atoms with Gasteiger partial charge in [0.1, 0.15) is 20.0 Å². The molecule has 0 amide bonds. The SMILES string of the molecule is [B]c1ccc2nc3nc(C#N)c(C#N)nc3nc2c1. The molecule has 0 fully saturated rings. The largest absolute Gasteiger partial charge is 0.224 e. The van der Waals surface area contributed by atoms with Gasteiger partial charge >= 0.3 is 0 Å². The number of aromatic nitrogens is 4. The summed E-state index contributed by atoms with van der Waals surface area (Å²) in [5.74, 6) is 0. The van der Waals surface area contributed by atoms with Crippen LogP contribution in [0.1, 0.15) is 11.4 Å². The van der Waals surface area contributed by atoms with E-state index in [9.17, 15) is 0 Å². The highest BCUT2D eigenvalue weighted by molar-refractivity contribution is 6.33. The molecule has 0 aliphatic heterocycles. The van der Waals surface area contributed by atoms with Crippen molar-refractivity contribution in [3.05, 3.63) is 29.6 Å². The Hall–Kier alpha value is -3.06. The van der Waals surface area contributed by atoms with E-state index in [4.69, 9.17) is 18.4 Å². The third kappa shape index (κ3) is 1.74. The first kappa shape index (κ1) is 11.1. The van der Waals surface area contributed by atoms with Crippen LogP contribution < -0.4 is 5.46 Å². The molecule has 0 saturated carbocycles. The molecule has 0 unspecified atom stereocenters. The van der Waals surface area contributed by atoms with Crippen LogP contribution in [-0.2, 0) is 0 Å². The summed E-state index contributed by atoms with van der Waals surface area (Å²) in [6.45, 7) is 0. The van der Waals surface area contributed by atoms with Crippen molar-refractivity contribution >= 4 is 35.6 Å². The molecular weight excluding hydrogens is 239 g/mol. The van der Waals surface area contributed by atoms with Crippen LogP contribution in [0.15, 0.2) is 18.2 Å². The van der Waals surface area contributed by atoms with Gasteiger partial charge in [-0.2, -0.15) is 10.5 Å². The van der Waals surface area contributed by atoms with Crippen LogP contribution in [-0.4, -0.2) is 27.8 Å². The minimum atomic E-state index is -0.0625. The lowest BCUT2D eigenvalue weighted by Gasteiger charge is -2.01. The maximum atomic E-state index is 8.89. The van der Waals surface area contributed by atoms with Gasteiger partial charge in [0, 0.05) is 0 Å². The third-order valence-electron chi connectivity index (χ3n) is 2.52. The highest BCUT2D eigenvalue weighted by Crippen LogP contribution is 2.13. The molecule has 0 atom stereocenters. The quantitative estimate of drug-likeness (QED) is 0.409. The standard InChI is InChI=1S/C12H3BN6/c13-6-1-2-7-8(3-6)17-12-11(16-7)18-9(4-14)10(5-15)19-12/h1-3H. The summed E-state index contributed by atoms with van der Waals surface area (Å²) < 4.78 is 0. The Kier molecular flexibility index (Phi) is 2.33. The molecular formula is C12H3BN6. The average molecular weight is 242 g/mol. The molecule has 2 heterocycles. The predicted octanol–water partition coefficient (Wildman–Crippen LogP) is 0.110. The van der Waals surface area contributed by atoms with Crippen LogP contribution >= 0.6 is 0 Å². The second-order valence-corrected chi connectivity index (χ2v) is 3.76. The van der Waals surface area contributed by atoms with Gasteiger partial charge in [0.05, 0.1) is 11.0 Å². The summed E-state index contributed by atoms with van der Waals surface area (Å²) in [5.41, 5.74) is 2.05. The summed E-state index contributed by atoms with van der Waals surface area (Å²) in [6.07, 6.45) is 0. The van der Waals surface area contributed by atoms with Crippen molar-refractivity contribution < 1.29 is 0 Å². The second-order valence-electron chi connectivity index (χ2n) is 3.76. The average Bonchev–Trinajstić information content (AvgIpc) is 2.43. The summed E-state index contributed by atoms with van der Waals surface area (Å²) in [6, 6.07) is 8.69. The summed E-state index contributed by atoms with van der Waals surface area (Å²) in [4.78, 5) is 16.5. The van der Waals surface area contributed by atoms with Crippen LogP contribution in [0, 0.1) is 22.7 Å². The lowest BCUT2D eigenvalue weighted by atomic mass is 9.96. The minimum Gasteiger partial charge on any atom is -0.224 e. The van der Waals surface area contributed by atoms with Crippen molar-refractivity contribution in [1.82, 2.24) is 19.9 Å². The van der Waals surface area contributed by atoms with E-state index in [1.165, 1.54) is 0 Å². The summed E-state index contributed by atoms with van der Waals surface area (Å²) >= 11 is 0. The van der Waals surface area contributed by atoms with E-state index in [-0.39, 0.29) is 22.7 Å². The molecule has 0 aliphatic carbocycles. The molecule has 19 heavy (non-hydrogen) atoms. The normalized spacial score (nSPS) is 10.2. The number of benzene rings is 1. The molecule has 2 radical (unpaired) electrons. The first-order valence-corrected chi connectivity index (χ1v) is 5.26. The Morgan fingerprint density at radius 1 is 0.842 bits per heavy atom. The molecule has 0 bridgehead atoms. The molecule has 0 spiro atoms. The Morgan fingerprint density at radius 2 is 1.42 bits per heavy atom. The maximum Gasteiger partial charge on any atom is 0.199 e. The fourth-order valence-electron chi connectivity index (χ4n) is 1.68. The van der Waals surface area contributed by atoms with Crippen LogP contribution in [0.2, 0.25) is 0 Å². The fourth-order valence-corrected chi connectivity index (χ4v) is 1.68. The number of nitriles is 2. The topological polar surface area (TPSA) is 99.1 Å². The maximum absolute atomic E-state index is 8.89. The molecule has 1 aromatic carbocycles. The van der Waals surface area contributed by atoms with E-state index in [0.29, 0.717) is 16.5 Å². The monoisotopic (exact) mass is 242 g/mol. The van der Waals surface area contributed by atoms with Crippen molar-refractivity contribution in [2.24, 2.45) is 0 Å². The molecule has 0 saturated heterocycles. The zero-order chi connectivity index (χ0) is 13.4. The lowest BCUT2D eigenvalue weighted by Crippen LogP contribution is -2.04. The Bertz CT molecular complexity index is 906. The highest BCUT2D eigenvalue weighted by atomic mass is 15.0. The van der Waals surface area contributed by atoms with E-state index in [0.717, 1.165) is 0 Å². The molecule has 3 rings (SSSR count). The van der Waals surface area contributed by atoms with E-state index in [1.807, 2.05) is 12.1 Å². The van der Waals surface area contributed by atoms with E-state index in [1.54, 1.807) is 18.2 Å². The van der Waals surface area contributed by atoms with Crippen molar-refractivity contribution in [2.75, 3.05) is 0 Å².